The van der Waals surface area contributed by atoms with Crippen molar-refractivity contribution in [1.82, 2.24) is 5.32 Å². The summed E-state index contributed by atoms with van der Waals surface area (Å²) in [4.78, 5) is 10.7. The SMILES string of the molecule is Cl.O=C1N[C@H](c2cccc(F)c2F)CO1. The Morgan fingerprint density at radius 3 is 2.73 bits per heavy atom. The van der Waals surface area contributed by atoms with Gasteiger partial charge in [-0.05, 0) is 6.07 Å². The van der Waals surface area contributed by atoms with E-state index >= 15 is 0 Å². The second-order valence-corrected chi connectivity index (χ2v) is 2.94. The third-order valence-corrected chi connectivity index (χ3v) is 2.03. The van der Waals surface area contributed by atoms with E-state index in [1.54, 1.807) is 0 Å². The number of benzene rings is 1. The molecule has 1 saturated heterocycles. The van der Waals surface area contributed by atoms with Gasteiger partial charge in [-0.3, -0.25) is 0 Å². The Hall–Kier alpha value is -1.36. The van der Waals surface area contributed by atoms with Crippen LogP contribution in [0.15, 0.2) is 18.2 Å². The molecule has 0 unspecified atom stereocenters. The van der Waals surface area contributed by atoms with Gasteiger partial charge in [-0.2, -0.15) is 0 Å². The Balaban J connectivity index is 0.00000112. The van der Waals surface area contributed by atoms with Crippen molar-refractivity contribution in [1.29, 1.82) is 0 Å². The number of nitrogens with one attached hydrogen (secondary N) is 1. The predicted molar refractivity (Wildman–Crippen MR) is 50.8 cm³/mol. The maximum absolute atomic E-state index is 13.2. The topological polar surface area (TPSA) is 38.3 Å². The first-order valence-electron chi connectivity index (χ1n) is 4.05. The standard InChI is InChI=1S/C9H7F2NO2.ClH/c10-6-3-1-2-5(8(6)11)7-4-14-9(13)12-7;/h1-3,7H,4H2,(H,12,13);1H/t7-;/m0./s1. The lowest BCUT2D eigenvalue weighted by molar-refractivity contribution is 0.176. The molecule has 2 rings (SSSR count). The number of cyclic esters (lactones) is 1. The first kappa shape index (κ1) is 11.7. The summed E-state index contributed by atoms with van der Waals surface area (Å²) in [7, 11) is 0. The highest BCUT2D eigenvalue weighted by Crippen LogP contribution is 2.22. The second-order valence-electron chi connectivity index (χ2n) is 2.94. The lowest BCUT2D eigenvalue weighted by Gasteiger charge is -2.08. The largest absolute Gasteiger partial charge is 0.447 e. The van der Waals surface area contributed by atoms with Crippen LogP contribution in [0.5, 0.6) is 0 Å². The molecule has 1 fully saturated rings. The van der Waals surface area contributed by atoms with E-state index < -0.39 is 23.8 Å². The molecule has 3 nitrogen and oxygen atoms in total. The summed E-state index contributed by atoms with van der Waals surface area (Å²) >= 11 is 0. The molecule has 15 heavy (non-hydrogen) atoms. The van der Waals surface area contributed by atoms with Gasteiger partial charge in [-0.15, -0.1) is 12.4 Å². The van der Waals surface area contributed by atoms with Crippen molar-refractivity contribution in [3.8, 4) is 0 Å². The molecule has 0 radical (unpaired) electrons. The van der Waals surface area contributed by atoms with E-state index in [1.807, 2.05) is 0 Å². The molecule has 1 N–H and O–H groups in total. The lowest BCUT2D eigenvalue weighted by atomic mass is 10.1. The number of alkyl carbamates (subject to hydrolysis) is 1. The molecule has 1 heterocycles. The molecule has 1 aromatic rings. The summed E-state index contributed by atoms with van der Waals surface area (Å²) < 4.78 is 30.6. The number of ether oxygens (including phenoxy) is 1. The number of hydrogen-bond acceptors (Lipinski definition) is 2. The Morgan fingerprint density at radius 2 is 2.13 bits per heavy atom. The number of carbonyl (C=O) groups excluding carboxylic acids is 1. The van der Waals surface area contributed by atoms with E-state index in [0.717, 1.165) is 6.07 Å². The van der Waals surface area contributed by atoms with Crippen molar-refractivity contribution in [2.45, 2.75) is 6.04 Å². The van der Waals surface area contributed by atoms with E-state index in [4.69, 9.17) is 0 Å². The highest BCUT2D eigenvalue weighted by atomic mass is 35.5. The van der Waals surface area contributed by atoms with Crippen LogP contribution in [0.25, 0.3) is 0 Å². The van der Waals surface area contributed by atoms with Crippen LogP contribution in [0.4, 0.5) is 13.6 Å². The van der Waals surface area contributed by atoms with E-state index in [-0.39, 0.29) is 24.6 Å². The molecule has 1 aliphatic heterocycles. The van der Waals surface area contributed by atoms with Crippen LogP contribution in [0.2, 0.25) is 0 Å². The Morgan fingerprint density at radius 1 is 1.40 bits per heavy atom. The zero-order valence-corrected chi connectivity index (χ0v) is 8.31. The minimum Gasteiger partial charge on any atom is -0.447 e. The Labute approximate surface area is 90.8 Å². The van der Waals surface area contributed by atoms with Crippen molar-refractivity contribution < 1.29 is 18.3 Å². The number of halogens is 3. The van der Waals surface area contributed by atoms with Crippen molar-refractivity contribution >= 4 is 18.5 Å². The monoisotopic (exact) mass is 235 g/mol. The molecule has 0 saturated carbocycles. The molecule has 0 bridgehead atoms. The average molecular weight is 236 g/mol. The molecule has 1 amide bonds. The molecule has 82 valence electrons. The van der Waals surface area contributed by atoms with Crippen LogP contribution in [-0.4, -0.2) is 12.7 Å². The highest BCUT2D eigenvalue weighted by molar-refractivity contribution is 5.85. The van der Waals surface area contributed by atoms with Gasteiger partial charge in [0, 0.05) is 5.56 Å². The van der Waals surface area contributed by atoms with Gasteiger partial charge in [0.2, 0.25) is 0 Å². The molecular weight excluding hydrogens is 228 g/mol. The predicted octanol–water partition coefficient (Wildman–Crippen LogP) is 2.17. The van der Waals surface area contributed by atoms with Crippen molar-refractivity contribution in [2.75, 3.05) is 6.61 Å². The molecule has 0 aromatic heterocycles. The maximum atomic E-state index is 13.2. The van der Waals surface area contributed by atoms with Gasteiger partial charge in [-0.1, -0.05) is 12.1 Å². The summed E-state index contributed by atoms with van der Waals surface area (Å²) in [6, 6.07) is 3.23. The van der Waals surface area contributed by atoms with E-state index in [0.29, 0.717) is 0 Å². The number of hydrogen-bond donors (Lipinski definition) is 1. The minimum atomic E-state index is -0.941. The van der Waals surface area contributed by atoms with Crippen LogP contribution >= 0.6 is 12.4 Å². The van der Waals surface area contributed by atoms with E-state index in [2.05, 4.69) is 10.1 Å². The molecule has 1 atom stereocenters. The molecule has 1 aromatic carbocycles. The van der Waals surface area contributed by atoms with Gasteiger partial charge < -0.3 is 10.1 Å². The third kappa shape index (κ3) is 2.18. The average Bonchev–Trinajstić information content (AvgIpc) is 2.57. The summed E-state index contributed by atoms with van der Waals surface area (Å²) in [5, 5.41) is 2.37. The fourth-order valence-electron chi connectivity index (χ4n) is 1.34. The van der Waals surface area contributed by atoms with Crippen LogP contribution in [-0.2, 0) is 4.74 Å². The van der Waals surface area contributed by atoms with Crippen molar-refractivity contribution in [3.05, 3.63) is 35.4 Å². The summed E-state index contributed by atoms with van der Waals surface area (Å²) in [5.74, 6) is -1.87. The van der Waals surface area contributed by atoms with Crippen molar-refractivity contribution in [2.24, 2.45) is 0 Å². The molecule has 1 aliphatic rings. The van der Waals surface area contributed by atoms with Crippen LogP contribution < -0.4 is 5.32 Å². The highest BCUT2D eigenvalue weighted by Gasteiger charge is 2.26. The van der Waals surface area contributed by atoms with Gasteiger partial charge >= 0.3 is 6.09 Å². The minimum absolute atomic E-state index is 0. The van der Waals surface area contributed by atoms with Crippen molar-refractivity contribution in [3.63, 3.8) is 0 Å². The quantitative estimate of drug-likeness (QED) is 0.810. The fourth-order valence-corrected chi connectivity index (χ4v) is 1.34. The zero-order valence-electron chi connectivity index (χ0n) is 7.50. The number of rotatable bonds is 1. The maximum Gasteiger partial charge on any atom is 0.407 e. The molecular formula is C9H8ClF2NO2. The summed E-state index contributed by atoms with van der Waals surface area (Å²) in [6.45, 7) is 0.0270. The van der Waals surface area contributed by atoms with Gasteiger partial charge in [0.15, 0.2) is 11.6 Å². The molecule has 6 heteroatoms. The van der Waals surface area contributed by atoms with E-state index in [1.165, 1.54) is 12.1 Å². The van der Waals surface area contributed by atoms with Gasteiger partial charge in [0.25, 0.3) is 0 Å². The van der Waals surface area contributed by atoms with E-state index in [9.17, 15) is 13.6 Å². The smallest absolute Gasteiger partial charge is 0.407 e. The number of carbonyl (C=O) groups is 1. The zero-order chi connectivity index (χ0) is 10.1. The number of amides is 1. The first-order valence-corrected chi connectivity index (χ1v) is 4.05. The Kier molecular flexibility index (Phi) is 3.47. The summed E-state index contributed by atoms with van der Waals surface area (Å²) in [5.41, 5.74) is 0.107. The summed E-state index contributed by atoms with van der Waals surface area (Å²) in [6.07, 6.45) is -0.612. The molecule has 0 aliphatic carbocycles. The second kappa shape index (κ2) is 4.44. The fraction of sp³-hybridized carbons (Fsp3) is 0.222. The van der Waals surface area contributed by atoms with Gasteiger partial charge in [0.05, 0.1) is 6.04 Å². The van der Waals surface area contributed by atoms with Crippen LogP contribution in [0.1, 0.15) is 11.6 Å². The third-order valence-electron chi connectivity index (χ3n) is 2.03. The van der Waals surface area contributed by atoms with Crippen LogP contribution in [0, 0.1) is 11.6 Å². The van der Waals surface area contributed by atoms with Crippen LogP contribution in [0.3, 0.4) is 0 Å². The first-order chi connectivity index (χ1) is 6.68. The molecule has 0 spiro atoms. The lowest BCUT2D eigenvalue weighted by Crippen LogP contribution is -2.19. The van der Waals surface area contributed by atoms with Gasteiger partial charge in [-0.25, -0.2) is 13.6 Å². The van der Waals surface area contributed by atoms with Gasteiger partial charge in [0.1, 0.15) is 6.61 Å². The normalized spacial score (nSPS) is 19.1. The Bertz CT molecular complexity index is 386.